The van der Waals surface area contributed by atoms with Crippen molar-refractivity contribution in [1.82, 2.24) is 4.98 Å². The number of carbonyl (C=O) groups excluding carboxylic acids is 2. The molecule has 0 unspecified atom stereocenters. The number of H-pyrrole nitrogens is 1. The Morgan fingerprint density at radius 2 is 1.78 bits per heavy atom. The molecule has 6 nitrogen and oxygen atoms in total. The third-order valence-corrected chi connectivity index (χ3v) is 5.61. The summed E-state index contributed by atoms with van der Waals surface area (Å²) < 4.78 is 4.84. The highest BCUT2D eigenvalue weighted by Crippen LogP contribution is 2.20. The second-order valence-corrected chi connectivity index (χ2v) is 7.18. The number of aromatic amines is 1. The number of Topliss-reactive ketones (excluding diaryl/α,β-unsaturated/α-hetero) is 1. The highest BCUT2D eigenvalue weighted by Gasteiger charge is 2.33. The van der Waals surface area contributed by atoms with Crippen LogP contribution in [0.15, 0.2) is 30.3 Å². The minimum atomic E-state index is -0.406. The lowest BCUT2D eigenvalue weighted by atomic mass is 10.0. The minimum Gasteiger partial charge on any atom is -0.465 e. The smallest absolute Gasteiger partial charge is 0.339 e. The van der Waals surface area contributed by atoms with Crippen molar-refractivity contribution in [2.75, 3.05) is 38.2 Å². The fourth-order valence-corrected chi connectivity index (χ4v) is 3.93. The third kappa shape index (κ3) is 3.76. The summed E-state index contributed by atoms with van der Waals surface area (Å²) in [5.41, 5.74) is 3.58. The third-order valence-electron chi connectivity index (χ3n) is 5.61. The Kier molecular flexibility index (Phi) is 5.65. The van der Waals surface area contributed by atoms with Crippen LogP contribution in [0.3, 0.4) is 0 Å². The SMILES string of the molecule is COC(=O)c1c(C)[nH]c(C(=O)[C@H](C)[NH+]2CCN(c3ccccc3)CC2)c1C. The lowest BCUT2D eigenvalue weighted by molar-refractivity contribution is -0.914. The highest BCUT2D eigenvalue weighted by molar-refractivity contribution is 6.03. The summed E-state index contributed by atoms with van der Waals surface area (Å²) in [5, 5.41) is 0. The van der Waals surface area contributed by atoms with Crippen molar-refractivity contribution < 1.29 is 19.2 Å². The maximum Gasteiger partial charge on any atom is 0.339 e. The van der Waals surface area contributed by atoms with E-state index in [0.717, 1.165) is 26.2 Å². The molecule has 0 saturated carbocycles. The van der Waals surface area contributed by atoms with Crippen LogP contribution >= 0.6 is 0 Å². The van der Waals surface area contributed by atoms with Gasteiger partial charge in [-0.25, -0.2) is 4.79 Å². The Morgan fingerprint density at radius 3 is 2.37 bits per heavy atom. The molecule has 27 heavy (non-hydrogen) atoms. The molecular weight excluding hydrogens is 342 g/mol. The van der Waals surface area contributed by atoms with Crippen LogP contribution in [0, 0.1) is 13.8 Å². The number of methoxy groups -OCH3 is 1. The average molecular weight is 370 g/mol. The van der Waals surface area contributed by atoms with Crippen molar-refractivity contribution in [2.45, 2.75) is 26.8 Å². The number of nitrogens with zero attached hydrogens (tertiary/aromatic N) is 1. The molecule has 1 atom stereocenters. The number of carbonyl (C=O) groups is 2. The van der Waals surface area contributed by atoms with Crippen molar-refractivity contribution in [1.29, 1.82) is 0 Å². The predicted octanol–water partition coefficient (Wildman–Crippen LogP) is 1.39. The molecule has 6 heteroatoms. The molecule has 2 aromatic rings. The van der Waals surface area contributed by atoms with Crippen LogP contribution < -0.4 is 9.80 Å². The number of aromatic nitrogens is 1. The maximum absolute atomic E-state index is 13.1. The van der Waals surface area contributed by atoms with E-state index in [2.05, 4.69) is 34.1 Å². The molecule has 144 valence electrons. The number of rotatable bonds is 5. The van der Waals surface area contributed by atoms with Gasteiger partial charge < -0.3 is 19.5 Å². The summed E-state index contributed by atoms with van der Waals surface area (Å²) in [7, 11) is 1.36. The monoisotopic (exact) mass is 370 g/mol. The van der Waals surface area contributed by atoms with Crippen LogP contribution in [0.2, 0.25) is 0 Å². The number of aryl methyl sites for hydroxylation is 1. The molecule has 0 radical (unpaired) electrons. The number of quaternary nitrogens is 1. The van der Waals surface area contributed by atoms with E-state index < -0.39 is 5.97 Å². The predicted molar refractivity (Wildman–Crippen MR) is 105 cm³/mol. The van der Waals surface area contributed by atoms with E-state index in [1.807, 2.05) is 13.0 Å². The van der Waals surface area contributed by atoms with Gasteiger partial charge in [-0.15, -0.1) is 0 Å². The number of anilines is 1. The first kappa shape index (κ1) is 19.2. The van der Waals surface area contributed by atoms with E-state index in [1.54, 1.807) is 13.8 Å². The molecule has 1 aliphatic rings. The molecule has 1 aromatic heterocycles. The fourth-order valence-electron chi connectivity index (χ4n) is 3.93. The number of esters is 1. The van der Waals surface area contributed by atoms with Crippen molar-refractivity contribution in [3.05, 3.63) is 52.8 Å². The maximum atomic E-state index is 13.1. The molecule has 0 bridgehead atoms. The van der Waals surface area contributed by atoms with Gasteiger partial charge in [0.15, 0.2) is 6.04 Å². The van der Waals surface area contributed by atoms with Gasteiger partial charge in [0, 0.05) is 11.4 Å². The first-order chi connectivity index (χ1) is 12.9. The number of piperazine rings is 1. The number of nitrogens with one attached hydrogen (secondary N) is 2. The summed E-state index contributed by atoms with van der Waals surface area (Å²) >= 11 is 0. The van der Waals surface area contributed by atoms with Gasteiger partial charge in [0.2, 0.25) is 5.78 Å². The van der Waals surface area contributed by atoms with Gasteiger partial charge in [-0.3, -0.25) is 4.79 Å². The lowest BCUT2D eigenvalue weighted by Crippen LogP contribution is -3.18. The topological polar surface area (TPSA) is 66.8 Å². The van der Waals surface area contributed by atoms with Gasteiger partial charge in [0.1, 0.15) is 0 Å². The molecule has 1 fully saturated rings. The van der Waals surface area contributed by atoms with Gasteiger partial charge >= 0.3 is 5.97 Å². The van der Waals surface area contributed by atoms with Crippen molar-refractivity contribution in [2.24, 2.45) is 0 Å². The van der Waals surface area contributed by atoms with Gasteiger partial charge in [-0.05, 0) is 38.5 Å². The Hall–Kier alpha value is -2.60. The molecule has 1 aromatic carbocycles. The number of ketones is 1. The van der Waals surface area contributed by atoms with E-state index >= 15 is 0 Å². The molecule has 0 amide bonds. The van der Waals surface area contributed by atoms with Gasteiger partial charge in [-0.1, -0.05) is 18.2 Å². The number of para-hydroxylation sites is 1. The number of hydrogen-bond donors (Lipinski definition) is 2. The zero-order valence-corrected chi connectivity index (χ0v) is 16.5. The summed E-state index contributed by atoms with van der Waals surface area (Å²) in [6.45, 7) is 9.24. The highest BCUT2D eigenvalue weighted by atomic mass is 16.5. The van der Waals surface area contributed by atoms with Gasteiger partial charge in [0.25, 0.3) is 0 Å². The first-order valence-electron chi connectivity index (χ1n) is 9.40. The Bertz CT molecular complexity index is 821. The molecule has 0 aliphatic carbocycles. The van der Waals surface area contributed by atoms with E-state index in [4.69, 9.17) is 4.74 Å². The molecule has 0 spiro atoms. The quantitative estimate of drug-likeness (QED) is 0.617. The van der Waals surface area contributed by atoms with Crippen LogP contribution in [0.25, 0.3) is 0 Å². The van der Waals surface area contributed by atoms with Crippen LogP contribution in [0.5, 0.6) is 0 Å². The van der Waals surface area contributed by atoms with Crippen LogP contribution in [0.4, 0.5) is 5.69 Å². The van der Waals surface area contributed by atoms with Crippen LogP contribution in [-0.4, -0.2) is 56.1 Å². The van der Waals surface area contributed by atoms with Crippen molar-refractivity contribution in [3.8, 4) is 0 Å². The zero-order chi connectivity index (χ0) is 19.6. The molecule has 2 N–H and O–H groups in total. The van der Waals surface area contributed by atoms with Crippen LogP contribution in [-0.2, 0) is 4.74 Å². The standard InChI is InChI=1S/C21H27N3O3/c1-14-18(21(26)27-4)15(2)22-19(14)20(25)16(3)23-10-12-24(13-11-23)17-8-6-5-7-9-17/h5-9,16,22H,10-13H2,1-4H3/p+1/t16-/m0/s1. The Balaban J connectivity index is 1.69. The summed E-state index contributed by atoms with van der Waals surface area (Å²) in [6.07, 6.45) is 0. The Labute approximate surface area is 160 Å². The molecule has 3 rings (SSSR count). The summed E-state index contributed by atoms with van der Waals surface area (Å²) in [4.78, 5) is 31.8. The molecule has 1 saturated heterocycles. The first-order valence-corrected chi connectivity index (χ1v) is 9.40. The summed E-state index contributed by atoms with van der Waals surface area (Å²) in [6, 6.07) is 10.2. The fraction of sp³-hybridized carbons (Fsp3) is 0.429. The minimum absolute atomic E-state index is 0.0499. The van der Waals surface area contributed by atoms with E-state index in [9.17, 15) is 9.59 Å². The number of benzene rings is 1. The number of ether oxygens (including phenoxy) is 1. The number of hydrogen-bond acceptors (Lipinski definition) is 4. The zero-order valence-electron chi connectivity index (χ0n) is 16.5. The lowest BCUT2D eigenvalue weighted by Gasteiger charge is -2.36. The van der Waals surface area contributed by atoms with Gasteiger partial charge in [0.05, 0.1) is 44.5 Å². The molecular formula is C21H28N3O3+. The largest absolute Gasteiger partial charge is 0.465 e. The average Bonchev–Trinajstić information content (AvgIpc) is 3.01. The van der Waals surface area contributed by atoms with Gasteiger partial charge in [-0.2, -0.15) is 0 Å². The van der Waals surface area contributed by atoms with E-state index in [0.29, 0.717) is 22.5 Å². The second kappa shape index (κ2) is 7.96. The second-order valence-electron chi connectivity index (χ2n) is 7.18. The Morgan fingerprint density at radius 1 is 1.15 bits per heavy atom. The normalized spacial score (nSPS) is 16.2. The molecule has 1 aliphatic heterocycles. The molecule has 2 heterocycles. The van der Waals surface area contributed by atoms with E-state index in [1.165, 1.54) is 17.7 Å². The van der Waals surface area contributed by atoms with Crippen molar-refractivity contribution >= 4 is 17.4 Å². The van der Waals surface area contributed by atoms with E-state index in [-0.39, 0.29) is 11.8 Å². The summed E-state index contributed by atoms with van der Waals surface area (Å²) in [5.74, 6) is -0.356. The van der Waals surface area contributed by atoms with Crippen molar-refractivity contribution in [3.63, 3.8) is 0 Å². The van der Waals surface area contributed by atoms with Crippen LogP contribution in [0.1, 0.15) is 39.0 Å².